The SMILES string of the molecule is CCOc1ccc(C2N([C@@H](C)c3ccccc3)CSc3nncn32)cc1. The van der Waals surface area contributed by atoms with Crippen molar-refractivity contribution in [3.8, 4) is 5.75 Å². The summed E-state index contributed by atoms with van der Waals surface area (Å²) in [5.74, 6) is 1.76. The molecule has 3 aromatic rings. The average molecular weight is 366 g/mol. The first kappa shape index (κ1) is 17.1. The fourth-order valence-corrected chi connectivity index (χ4v) is 4.40. The maximum absolute atomic E-state index is 5.60. The molecule has 0 saturated heterocycles. The lowest BCUT2D eigenvalue weighted by atomic mass is 10.0. The highest BCUT2D eigenvalue weighted by Gasteiger charge is 2.33. The third-order valence-electron chi connectivity index (χ3n) is 4.73. The largest absolute Gasteiger partial charge is 0.494 e. The van der Waals surface area contributed by atoms with Crippen LogP contribution in [0.4, 0.5) is 0 Å². The molecule has 0 fully saturated rings. The molecule has 2 heterocycles. The molecular weight excluding hydrogens is 344 g/mol. The van der Waals surface area contributed by atoms with E-state index in [1.807, 2.05) is 25.4 Å². The number of nitrogens with zero attached hydrogens (tertiary/aromatic N) is 4. The topological polar surface area (TPSA) is 43.2 Å². The number of fused-ring (bicyclic) bond motifs is 1. The van der Waals surface area contributed by atoms with Crippen LogP contribution in [-0.2, 0) is 0 Å². The highest BCUT2D eigenvalue weighted by molar-refractivity contribution is 7.99. The summed E-state index contributed by atoms with van der Waals surface area (Å²) in [6, 6.07) is 19.3. The van der Waals surface area contributed by atoms with Crippen LogP contribution >= 0.6 is 11.8 Å². The van der Waals surface area contributed by atoms with Crippen molar-refractivity contribution in [2.75, 3.05) is 12.5 Å². The normalized spacial score (nSPS) is 18.3. The molecular formula is C20H22N4OS. The van der Waals surface area contributed by atoms with E-state index in [4.69, 9.17) is 4.74 Å². The zero-order valence-electron chi connectivity index (χ0n) is 14.9. The van der Waals surface area contributed by atoms with Crippen molar-refractivity contribution in [3.05, 3.63) is 72.1 Å². The fourth-order valence-electron chi connectivity index (χ4n) is 3.37. The molecule has 1 unspecified atom stereocenters. The molecule has 4 rings (SSSR count). The molecule has 1 aliphatic rings. The highest BCUT2D eigenvalue weighted by Crippen LogP contribution is 2.40. The highest BCUT2D eigenvalue weighted by atomic mass is 32.2. The van der Waals surface area contributed by atoms with Gasteiger partial charge in [-0.15, -0.1) is 10.2 Å². The predicted octanol–water partition coefficient (Wildman–Crippen LogP) is 4.35. The number of hydrogen-bond acceptors (Lipinski definition) is 5. The van der Waals surface area contributed by atoms with Crippen molar-refractivity contribution in [3.63, 3.8) is 0 Å². The Morgan fingerprint density at radius 2 is 1.92 bits per heavy atom. The molecule has 5 nitrogen and oxygen atoms in total. The molecule has 134 valence electrons. The van der Waals surface area contributed by atoms with Crippen molar-refractivity contribution in [1.29, 1.82) is 0 Å². The molecule has 1 aromatic heterocycles. The molecule has 0 bridgehead atoms. The van der Waals surface area contributed by atoms with Crippen LogP contribution in [0.2, 0.25) is 0 Å². The van der Waals surface area contributed by atoms with Crippen molar-refractivity contribution < 1.29 is 4.74 Å². The van der Waals surface area contributed by atoms with Gasteiger partial charge in [-0.2, -0.15) is 0 Å². The van der Waals surface area contributed by atoms with Gasteiger partial charge in [0.2, 0.25) is 0 Å². The van der Waals surface area contributed by atoms with Gasteiger partial charge in [0.1, 0.15) is 18.2 Å². The number of ether oxygens (including phenoxy) is 1. The van der Waals surface area contributed by atoms with Gasteiger partial charge in [-0.05, 0) is 37.1 Å². The summed E-state index contributed by atoms with van der Waals surface area (Å²) in [6.45, 7) is 4.93. The fraction of sp³-hybridized carbons (Fsp3) is 0.300. The second-order valence-electron chi connectivity index (χ2n) is 6.27. The van der Waals surface area contributed by atoms with E-state index in [9.17, 15) is 0 Å². The van der Waals surface area contributed by atoms with Gasteiger partial charge < -0.3 is 4.74 Å². The Morgan fingerprint density at radius 1 is 1.15 bits per heavy atom. The van der Waals surface area contributed by atoms with Gasteiger partial charge in [-0.1, -0.05) is 54.2 Å². The Labute approximate surface area is 158 Å². The van der Waals surface area contributed by atoms with E-state index in [1.54, 1.807) is 11.8 Å². The van der Waals surface area contributed by atoms with Crippen molar-refractivity contribution in [1.82, 2.24) is 19.7 Å². The lowest BCUT2D eigenvalue weighted by Crippen LogP contribution is -2.38. The van der Waals surface area contributed by atoms with E-state index in [2.05, 4.69) is 69.1 Å². The Hall–Kier alpha value is -2.31. The summed E-state index contributed by atoms with van der Waals surface area (Å²) in [4.78, 5) is 2.48. The van der Waals surface area contributed by atoms with Gasteiger partial charge in [0.05, 0.1) is 12.5 Å². The molecule has 0 spiro atoms. The standard InChI is InChI=1S/C20H22N4OS/c1-3-25-18-11-9-17(10-12-18)19-23-13-21-22-20(23)26-14-24(19)15(2)16-7-5-4-6-8-16/h4-13,15,19H,3,14H2,1-2H3/t15-,19?/m0/s1. The van der Waals surface area contributed by atoms with Crippen LogP contribution in [0.25, 0.3) is 0 Å². The molecule has 6 heteroatoms. The monoisotopic (exact) mass is 366 g/mol. The number of benzene rings is 2. The second-order valence-corrected chi connectivity index (χ2v) is 7.18. The quantitative estimate of drug-likeness (QED) is 0.672. The summed E-state index contributed by atoms with van der Waals surface area (Å²) >= 11 is 1.73. The number of aromatic nitrogens is 3. The zero-order chi connectivity index (χ0) is 17.9. The Morgan fingerprint density at radius 3 is 2.65 bits per heavy atom. The Kier molecular flexibility index (Phi) is 4.95. The first-order chi connectivity index (χ1) is 12.8. The summed E-state index contributed by atoms with van der Waals surface area (Å²) in [6.07, 6.45) is 1.89. The Bertz CT molecular complexity index is 850. The summed E-state index contributed by atoms with van der Waals surface area (Å²) in [7, 11) is 0. The Balaban J connectivity index is 1.71. The molecule has 0 N–H and O–H groups in total. The first-order valence-electron chi connectivity index (χ1n) is 8.83. The maximum atomic E-state index is 5.60. The van der Waals surface area contributed by atoms with Crippen LogP contribution < -0.4 is 4.74 Å². The van der Waals surface area contributed by atoms with Crippen molar-refractivity contribution >= 4 is 11.8 Å². The molecule has 26 heavy (non-hydrogen) atoms. The average Bonchev–Trinajstić information content (AvgIpc) is 3.17. The van der Waals surface area contributed by atoms with Gasteiger partial charge in [-0.3, -0.25) is 9.47 Å². The van der Waals surface area contributed by atoms with Crippen LogP contribution in [0.1, 0.15) is 37.2 Å². The van der Waals surface area contributed by atoms with Crippen molar-refractivity contribution in [2.24, 2.45) is 0 Å². The summed E-state index contributed by atoms with van der Waals surface area (Å²) in [5, 5.41) is 9.36. The maximum Gasteiger partial charge on any atom is 0.193 e. The van der Waals surface area contributed by atoms with Gasteiger partial charge in [-0.25, -0.2) is 0 Å². The van der Waals surface area contributed by atoms with E-state index in [0.717, 1.165) is 16.8 Å². The zero-order valence-corrected chi connectivity index (χ0v) is 15.8. The first-order valence-corrected chi connectivity index (χ1v) is 9.82. The van der Waals surface area contributed by atoms with E-state index in [1.165, 1.54) is 11.1 Å². The summed E-state index contributed by atoms with van der Waals surface area (Å²) in [5.41, 5.74) is 2.51. The predicted molar refractivity (Wildman–Crippen MR) is 103 cm³/mol. The van der Waals surface area contributed by atoms with Gasteiger partial charge >= 0.3 is 0 Å². The lowest BCUT2D eigenvalue weighted by Gasteiger charge is -2.40. The molecule has 0 amide bonds. The third-order valence-corrected chi connectivity index (χ3v) is 5.71. The lowest BCUT2D eigenvalue weighted by molar-refractivity contribution is 0.136. The number of rotatable bonds is 5. The molecule has 0 saturated carbocycles. The van der Waals surface area contributed by atoms with E-state index in [-0.39, 0.29) is 12.2 Å². The molecule has 2 aromatic carbocycles. The molecule has 2 atom stereocenters. The minimum absolute atomic E-state index is 0.0622. The molecule has 0 aliphatic carbocycles. The second kappa shape index (κ2) is 7.51. The van der Waals surface area contributed by atoms with Gasteiger partial charge in [0, 0.05) is 6.04 Å². The van der Waals surface area contributed by atoms with Crippen LogP contribution in [0.3, 0.4) is 0 Å². The van der Waals surface area contributed by atoms with Crippen LogP contribution in [0.15, 0.2) is 66.1 Å². The van der Waals surface area contributed by atoms with Gasteiger partial charge in [0.25, 0.3) is 0 Å². The summed E-state index contributed by atoms with van der Waals surface area (Å²) < 4.78 is 7.75. The smallest absolute Gasteiger partial charge is 0.193 e. The van der Waals surface area contributed by atoms with Crippen LogP contribution in [0.5, 0.6) is 5.75 Å². The number of thioether (sulfide) groups is 1. The van der Waals surface area contributed by atoms with E-state index >= 15 is 0 Å². The van der Waals surface area contributed by atoms with Crippen LogP contribution in [0, 0.1) is 0 Å². The van der Waals surface area contributed by atoms with E-state index < -0.39 is 0 Å². The molecule has 1 aliphatic heterocycles. The molecule has 0 radical (unpaired) electrons. The minimum atomic E-state index is 0.0622. The van der Waals surface area contributed by atoms with Crippen molar-refractivity contribution in [2.45, 2.75) is 31.2 Å². The van der Waals surface area contributed by atoms with Crippen LogP contribution in [-0.4, -0.2) is 32.1 Å². The third kappa shape index (κ3) is 3.22. The van der Waals surface area contributed by atoms with Gasteiger partial charge in [0.15, 0.2) is 5.16 Å². The van der Waals surface area contributed by atoms with E-state index in [0.29, 0.717) is 6.61 Å². The minimum Gasteiger partial charge on any atom is -0.494 e. The number of hydrogen-bond donors (Lipinski definition) is 0.